The highest BCUT2D eigenvalue weighted by atomic mass is 79.9. The van der Waals surface area contributed by atoms with Gasteiger partial charge in [0.15, 0.2) is 0 Å². The molecular formula is C23H26BrFN2O3S. The summed E-state index contributed by atoms with van der Waals surface area (Å²) in [6, 6.07) is 10.4. The molecule has 1 aliphatic carbocycles. The van der Waals surface area contributed by atoms with E-state index in [2.05, 4.69) is 15.9 Å². The van der Waals surface area contributed by atoms with E-state index in [9.17, 15) is 17.6 Å². The Morgan fingerprint density at radius 2 is 1.81 bits per heavy atom. The van der Waals surface area contributed by atoms with Crippen molar-refractivity contribution in [2.45, 2.75) is 62.4 Å². The van der Waals surface area contributed by atoms with E-state index in [1.807, 2.05) is 25.1 Å². The Labute approximate surface area is 191 Å². The summed E-state index contributed by atoms with van der Waals surface area (Å²) < 4.78 is 42.7. The van der Waals surface area contributed by atoms with Gasteiger partial charge in [-0.05, 0) is 74.2 Å². The molecule has 1 heterocycles. The maximum Gasteiger partial charge on any atom is 0.243 e. The number of amides is 1. The second-order valence-corrected chi connectivity index (χ2v) is 11.2. The molecule has 0 radical (unpaired) electrons. The number of carbonyl (C=O) groups is 1. The van der Waals surface area contributed by atoms with Crippen LogP contribution in [-0.4, -0.2) is 37.3 Å². The van der Waals surface area contributed by atoms with E-state index in [4.69, 9.17) is 0 Å². The maximum absolute atomic E-state index is 13.5. The second-order valence-electron chi connectivity index (χ2n) is 8.39. The van der Waals surface area contributed by atoms with Gasteiger partial charge in [-0.1, -0.05) is 35.2 Å². The second kappa shape index (κ2) is 9.00. The molecule has 2 aliphatic rings. The third kappa shape index (κ3) is 4.56. The summed E-state index contributed by atoms with van der Waals surface area (Å²) >= 11 is 3.47. The van der Waals surface area contributed by atoms with Crippen molar-refractivity contribution in [2.75, 3.05) is 11.4 Å². The first-order chi connectivity index (χ1) is 14.8. The average molecular weight is 509 g/mol. The summed E-state index contributed by atoms with van der Waals surface area (Å²) in [6.07, 6.45) is 5.13. The van der Waals surface area contributed by atoms with Crippen molar-refractivity contribution in [1.82, 2.24) is 4.31 Å². The zero-order valence-electron chi connectivity index (χ0n) is 17.4. The summed E-state index contributed by atoms with van der Waals surface area (Å²) in [6.45, 7) is 1.76. The Hall–Kier alpha value is -1.77. The quantitative estimate of drug-likeness (QED) is 0.577. The van der Waals surface area contributed by atoms with Gasteiger partial charge in [0.05, 0.1) is 11.4 Å². The van der Waals surface area contributed by atoms with Crippen molar-refractivity contribution in [2.24, 2.45) is 0 Å². The molecule has 1 saturated carbocycles. The van der Waals surface area contributed by atoms with Gasteiger partial charge < -0.3 is 4.90 Å². The molecular weight excluding hydrogens is 483 g/mol. The standard InChI is InChI=1S/C23H26BrFN2O3S/c1-16-13-17-14-18(24)7-12-22(17)27(16)23(28)15-26(20-5-3-2-4-6-20)31(29,30)21-10-8-19(25)9-11-21/h7-12,14,16,20H,2-6,13,15H2,1H3/t16-/m1/s1. The normalized spacial score (nSPS) is 19.6. The lowest BCUT2D eigenvalue weighted by Crippen LogP contribution is -2.49. The van der Waals surface area contributed by atoms with Crippen LogP contribution in [0, 0.1) is 5.82 Å². The largest absolute Gasteiger partial charge is 0.308 e. The monoisotopic (exact) mass is 508 g/mol. The molecule has 2 aromatic carbocycles. The van der Waals surface area contributed by atoms with Gasteiger partial charge in [0.2, 0.25) is 15.9 Å². The van der Waals surface area contributed by atoms with Gasteiger partial charge in [0, 0.05) is 22.2 Å². The lowest BCUT2D eigenvalue weighted by molar-refractivity contribution is -0.119. The van der Waals surface area contributed by atoms with Crippen molar-refractivity contribution in [1.29, 1.82) is 0 Å². The molecule has 0 N–H and O–H groups in total. The number of nitrogens with zero attached hydrogens (tertiary/aromatic N) is 2. The summed E-state index contributed by atoms with van der Waals surface area (Å²) in [4.78, 5) is 15.2. The van der Waals surface area contributed by atoms with E-state index in [1.165, 1.54) is 16.4 Å². The molecule has 1 aliphatic heterocycles. The molecule has 0 unspecified atom stereocenters. The molecule has 0 saturated heterocycles. The Morgan fingerprint density at radius 3 is 2.48 bits per heavy atom. The zero-order chi connectivity index (χ0) is 22.2. The van der Waals surface area contributed by atoms with Crippen molar-refractivity contribution >= 4 is 37.5 Å². The summed E-state index contributed by atoms with van der Waals surface area (Å²) in [7, 11) is -3.93. The summed E-state index contributed by atoms with van der Waals surface area (Å²) in [5, 5.41) is 0. The predicted molar refractivity (Wildman–Crippen MR) is 122 cm³/mol. The lowest BCUT2D eigenvalue weighted by atomic mass is 9.95. The number of fused-ring (bicyclic) bond motifs is 1. The van der Waals surface area contributed by atoms with E-state index in [0.29, 0.717) is 0 Å². The summed E-state index contributed by atoms with van der Waals surface area (Å²) in [5.74, 6) is -0.724. The fourth-order valence-electron chi connectivity index (χ4n) is 4.71. The number of rotatable bonds is 5. The van der Waals surface area contributed by atoms with Gasteiger partial charge in [0.1, 0.15) is 5.82 Å². The van der Waals surface area contributed by atoms with Crippen LogP contribution in [0.3, 0.4) is 0 Å². The molecule has 0 bridgehead atoms. The van der Waals surface area contributed by atoms with Crippen LogP contribution in [0.1, 0.15) is 44.6 Å². The minimum atomic E-state index is -3.93. The third-order valence-electron chi connectivity index (χ3n) is 6.22. The highest BCUT2D eigenvalue weighted by Crippen LogP contribution is 2.35. The van der Waals surface area contributed by atoms with E-state index in [1.54, 1.807) is 4.90 Å². The van der Waals surface area contributed by atoms with E-state index < -0.39 is 15.8 Å². The molecule has 0 aromatic heterocycles. The Kier molecular flexibility index (Phi) is 6.51. The van der Waals surface area contributed by atoms with Crippen LogP contribution < -0.4 is 4.90 Å². The number of carbonyl (C=O) groups excluding carboxylic acids is 1. The van der Waals surface area contributed by atoms with Crippen LogP contribution in [0.15, 0.2) is 51.8 Å². The van der Waals surface area contributed by atoms with Crippen LogP contribution >= 0.6 is 15.9 Å². The number of halogens is 2. The Balaban J connectivity index is 1.65. The Morgan fingerprint density at radius 1 is 1.13 bits per heavy atom. The minimum absolute atomic E-state index is 0.0195. The van der Waals surface area contributed by atoms with Crippen LogP contribution in [0.5, 0.6) is 0 Å². The highest BCUT2D eigenvalue weighted by Gasteiger charge is 2.38. The number of anilines is 1. The van der Waals surface area contributed by atoms with Gasteiger partial charge in [-0.2, -0.15) is 4.31 Å². The molecule has 1 amide bonds. The molecule has 1 fully saturated rings. The number of sulfonamides is 1. The smallest absolute Gasteiger partial charge is 0.243 e. The molecule has 8 heteroatoms. The lowest BCUT2D eigenvalue weighted by Gasteiger charge is -2.34. The van der Waals surface area contributed by atoms with Gasteiger partial charge in [-0.15, -0.1) is 0 Å². The van der Waals surface area contributed by atoms with Crippen LogP contribution in [0.4, 0.5) is 10.1 Å². The van der Waals surface area contributed by atoms with Crippen LogP contribution in [0.25, 0.3) is 0 Å². The van der Waals surface area contributed by atoms with Crippen molar-refractivity contribution in [3.05, 3.63) is 58.3 Å². The van der Waals surface area contributed by atoms with Crippen LogP contribution in [-0.2, 0) is 21.2 Å². The van der Waals surface area contributed by atoms with Crippen molar-refractivity contribution in [3.63, 3.8) is 0 Å². The number of benzene rings is 2. The molecule has 2 aromatic rings. The van der Waals surface area contributed by atoms with Crippen LogP contribution in [0.2, 0.25) is 0 Å². The SMILES string of the molecule is C[C@@H]1Cc2cc(Br)ccc2N1C(=O)CN(C1CCCCC1)S(=O)(=O)c1ccc(F)cc1. The fourth-order valence-corrected chi connectivity index (χ4v) is 6.75. The highest BCUT2D eigenvalue weighted by molar-refractivity contribution is 9.10. The summed E-state index contributed by atoms with van der Waals surface area (Å²) in [5.41, 5.74) is 1.91. The molecule has 5 nitrogen and oxygen atoms in total. The first kappa shape index (κ1) is 22.4. The van der Waals surface area contributed by atoms with E-state index >= 15 is 0 Å². The van der Waals surface area contributed by atoms with Gasteiger partial charge in [-0.25, -0.2) is 12.8 Å². The first-order valence-corrected chi connectivity index (χ1v) is 12.9. The van der Waals surface area contributed by atoms with Gasteiger partial charge in [0.25, 0.3) is 0 Å². The van der Waals surface area contributed by atoms with E-state index in [0.717, 1.165) is 66.4 Å². The number of hydrogen-bond acceptors (Lipinski definition) is 3. The maximum atomic E-state index is 13.5. The predicted octanol–water partition coefficient (Wildman–Crippen LogP) is 4.89. The topological polar surface area (TPSA) is 57.7 Å². The average Bonchev–Trinajstić information content (AvgIpc) is 3.07. The molecule has 1 atom stereocenters. The molecule has 31 heavy (non-hydrogen) atoms. The molecule has 166 valence electrons. The fraction of sp³-hybridized carbons (Fsp3) is 0.435. The Bertz CT molecular complexity index is 1070. The first-order valence-electron chi connectivity index (χ1n) is 10.7. The zero-order valence-corrected chi connectivity index (χ0v) is 19.8. The molecule has 4 rings (SSSR count). The molecule has 0 spiro atoms. The van der Waals surface area contributed by atoms with Gasteiger partial charge >= 0.3 is 0 Å². The third-order valence-corrected chi connectivity index (χ3v) is 8.62. The minimum Gasteiger partial charge on any atom is -0.308 e. The van der Waals surface area contributed by atoms with Crippen molar-refractivity contribution < 1.29 is 17.6 Å². The number of hydrogen-bond donors (Lipinski definition) is 0. The van der Waals surface area contributed by atoms with E-state index in [-0.39, 0.29) is 29.4 Å². The van der Waals surface area contributed by atoms with Crippen molar-refractivity contribution in [3.8, 4) is 0 Å². The van der Waals surface area contributed by atoms with Gasteiger partial charge in [-0.3, -0.25) is 4.79 Å².